The molecule has 1 aliphatic carbocycles. The molecule has 4 rings (SSSR count). The van der Waals surface area contributed by atoms with Crippen molar-refractivity contribution in [3.63, 3.8) is 0 Å². The SMILES string of the molecule is NC1CCC(NC(=O)C2N(C(=O)COc3ccc(Cl)cc3)CCN2S(=O)(=O)c2cccs2)CC1. The predicted molar refractivity (Wildman–Crippen MR) is 129 cm³/mol. The van der Waals surface area contributed by atoms with Gasteiger partial charge in [-0.05, 0) is 61.4 Å². The molecule has 0 bridgehead atoms. The first kappa shape index (κ1) is 24.9. The Morgan fingerprint density at radius 1 is 1.12 bits per heavy atom. The molecule has 1 saturated heterocycles. The Balaban J connectivity index is 1.52. The van der Waals surface area contributed by atoms with Crippen molar-refractivity contribution in [1.29, 1.82) is 0 Å². The van der Waals surface area contributed by atoms with E-state index in [2.05, 4.69) is 5.32 Å². The van der Waals surface area contributed by atoms with Crippen LogP contribution in [0.15, 0.2) is 46.0 Å². The van der Waals surface area contributed by atoms with Gasteiger partial charge in [-0.1, -0.05) is 17.7 Å². The van der Waals surface area contributed by atoms with E-state index in [0.29, 0.717) is 23.6 Å². The van der Waals surface area contributed by atoms with Crippen LogP contribution in [0.25, 0.3) is 0 Å². The van der Waals surface area contributed by atoms with E-state index in [1.807, 2.05) is 0 Å². The smallest absolute Gasteiger partial charge is 0.262 e. The molecule has 9 nitrogen and oxygen atoms in total. The monoisotopic (exact) mass is 526 g/mol. The molecule has 2 aliphatic rings. The molecule has 2 amide bonds. The van der Waals surface area contributed by atoms with Gasteiger partial charge in [0.25, 0.3) is 21.8 Å². The molecule has 2 fully saturated rings. The van der Waals surface area contributed by atoms with E-state index < -0.39 is 28.0 Å². The van der Waals surface area contributed by atoms with Crippen molar-refractivity contribution in [1.82, 2.24) is 14.5 Å². The Morgan fingerprint density at radius 3 is 2.47 bits per heavy atom. The minimum absolute atomic E-state index is 0.0144. The number of hydrogen-bond acceptors (Lipinski definition) is 7. The summed E-state index contributed by atoms with van der Waals surface area (Å²) in [4.78, 5) is 27.7. The summed E-state index contributed by atoms with van der Waals surface area (Å²) in [5.74, 6) is -0.554. The van der Waals surface area contributed by atoms with Gasteiger partial charge in [0.1, 0.15) is 9.96 Å². The standard InChI is InChI=1S/C22H27ClN4O5S2/c23-15-3-9-18(10-4-15)32-14-19(28)26-11-12-27(34(30,31)20-2-1-13-33-20)22(26)21(29)25-17-7-5-16(24)6-8-17/h1-4,9-10,13,16-17,22H,5-8,11-12,14,24H2,(H,25,29). The van der Waals surface area contributed by atoms with Gasteiger partial charge in [0, 0.05) is 30.2 Å². The molecular formula is C22H27ClN4O5S2. The van der Waals surface area contributed by atoms with Gasteiger partial charge in [-0.3, -0.25) is 9.59 Å². The van der Waals surface area contributed by atoms with Crippen LogP contribution in [0.4, 0.5) is 0 Å². The first-order valence-corrected chi connectivity index (χ1v) is 13.7. The van der Waals surface area contributed by atoms with Crippen LogP contribution in [0.3, 0.4) is 0 Å². The Morgan fingerprint density at radius 2 is 1.82 bits per heavy atom. The van der Waals surface area contributed by atoms with Crippen molar-refractivity contribution in [3.05, 3.63) is 46.8 Å². The molecule has 34 heavy (non-hydrogen) atoms. The van der Waals surface area contributed by atoms with Crippen molar-refractivity contribution in [2.45, 2.75) is 48.1 Å². The third kappa shape index (κ3) is 5.55. The first-order chi connectivity index (χ1) is 16.3. The Labute approximate surface area is 207 Å². The van der Waals surface area contributed by atoms with E-state index in [0.717, 1.165) is 28.5 Å². The lowest BCUT2D eigenvalue weighted by Gasteiger charge is -2.32. The predicted octanol–water partition coefficient (Wildman–Crippen LogP) is 2.03. The van der Waals surface area contributed by atoms with Crippen LogP contribution in [0.1, 0.15) is 25.7 Å². The van der Waals surface area contributed by atoms with Crippen molar-refractivity contribution < 1.29 is 22.7 Å². The fourth-order valence-corrected chi connectivity index (χ4v) is 7.01. The number of amides is 2. The number of carbonyl (C=O) groups excluding carboxylic acids is 2. The highest BCUT2D eigenvalue weighted by molar-refractivity contribution is 7.91. The molecule has 1 saturated carbocycles. The highest BCUT2D eigenvalue weighted by atomic mass is 35.5. The van der Waals surface area contributed by atoms with E-state index in [1.54, 1.807) is 35.7 Å². The largest absolute Gasteiger partial charge is 0.484 e. The molecule has 2 heterocycles. The molecule has 184 valence electrons. The van der Waals surface area contributed by atoms with E-state index >= 15 is 0 Å². The summed E-state index contributed by atoms with van der Waals surface area (Å²) >= 11 is 6.95. The van der Waals surface area contributed by atoms with Crippen molar-refractivity contribution >= 4 is 44.8 Å². The summed E-state index contributed by atoms with van der Waals surface area (Å²) in [6.07, 6.45) is 1.70. The molecule has 1 unspecified atom stereocenters. The second kappa shape index (κ2) is 10.6. The number of rotatable bonds is 7. The molecule has 0 spiro atoms. The molecule has 0 radical (unpaired) electrons. The number of thiophene rings is 1. The summed E-state index contributed by atoms with van der Waals surface area (Å²) in [5, 5.41) is 5.14. The van der Waals surface area contributed by atoms with Crippen LogP contribution in [0.2, 0.25) is 5.02 Å². The second-order valence-corrected chi connectivity index (χ2v) is 11.9. The van der Waals surface area contributed by atoms with Gasteiger partial charge in [0.2, 0.25) is 0 Å². The summed E-state index contributed by atoms with van der Waals surface area (Å²) < 4.78 is 33.3. The number of ether oxygens (including phenoxy) is 1. The summed E-state index contributed by atoms with van der Waals surface area (Å²) in [6, 6.07) is 9.66. The number of carbonyl (C=O) groups is 2. The average molecular weight is 527 g/mol. The van der Waals surface area contributed by atoms with Gasteiger partial charge in [0.15, 0.2) is 12.8 Å². The van der Waals surface area contributed by atoms with Crippen LogP contribution in [-0.2, 0) is 19.6 Å². The second-order valence-electron chi connectivity index (χ2n) is 8.37. The van der Waals surface area contributed by atoms with Crippen molar-refractivity contribution in [2.24, 2.45) is 5.73 Å². The number of benzene rings is 1. The van der Waals surface area contributed by atoms with Gasteiger partial charge < -0.3 is 20.7 Å². The molecular weight excluding hydrogens is 500 g/mol. The van der Waals surface area contributed by atoms with Gasteiger partial charge in [-0.25, -0.2) is 8.42 Å². The Bertz CT molecular complexity index is 1100. The van der Waals surface area contributed by atoms with Crippen LogP contribution in [-0.4, -0.2) is 67.4 Å². The number of nitrogens with one attached hydrogen (secondary N) is 1. The number of hydrogen-bond donors (Lipinski definition) is 2. The summed E-state index contributed by atoms with van der Waals surface area (Å²) in [5.41, 5.74) is 5.96. The lowest BCUT2D eigenvalue weighted by Crippen LogP contribution is -2.56. The van der Waals surface area contributed by atoms with Gasteiger partial charge in [0.05, 0.1) is 0 Å². The third-order valence-electron chi connectivity index (χ3n) is 6.04. The van der Waals surface area contributed by atoms with Crippen LogP contribution < -0.4 is 15.8 Å². The lowest BCUT2D eigenvalue weighted by atomic mass is 9.92. The third-order valence-corrected chi connectivity index (χ3v) is 9.51. The molecule has 1 aliphatic heterocycles. The van der Waals surface area contributed by atoms with Gasteiger partial charge in [-0.15, -0.1) is 11.3 Å². The van der Waals surface area contributed by atoms with E-state index in [9.17, 15) is 18.0 Å². The molecule has 1 aromatic heterocycles. The number of sulfonamides is 1. The summed E-state index contributed by atoms with van der Waals surface area (Å²) in [7, 11) is -3.96. The minimum atomic E-state index is -3.96. The zero-order valence-electron chi connectivity index (χ0n) is 18.4. The first-order valence-electron chi connectivity index (χ1n) is 11.0. The zero-order valence-corrected chi connectivity index (χ0v) is 20.8. The molecule has 3 N–H and O–H groups in total. The minimum Gasteiger partial charge on any atom is -0.484 e. The Hall–Kier alpha value is -2.18. The normalized spacial score (nSPS) is 23.6. The highest BCUT2D eigenvalue weighted by Gasteiger charge is 2.47. The van der Waals surface area contributed by atoms with E-state index in [-0.39, 0.29) is 36.0 Å². The quantitative estimate of drug-likeness (QED) is 0.569. The number of nitrogens with zero attached hydrogens (tertiary/aromatic N) is 2. The maximum Gasteiger partial charge on any atom is 0.262 e. The lowest BCUT2D eigenvalue weighted by molar-refractivity contribution is -0.142. The topological polar surface area (TPSA) is 122 Å². The molecule has 12 heteroatoms. The fraction of sp³-hybridized carbons (Fsp3) is 0.455. The Kier molecular flexibility index (Phi) is 7.78. The zero-order chi connectivity index (χ0) is 24.3. The number of halogens is 1. The maximum atomic E-state index is 13.4. The van der Waals surface area contributed by atoms with Gasteiger partial charge >= 0.3 is 0 Å². The maximum absolute atomic E-state index is 13.4. The fourth-order valence-electron chi connectivity index (χ4n) is 4.22. The van der Waals surface area contributed by atoms with Crippen LogP contribution in [0.5, 0.6) is 5.75 Å². The number of nitrogens with two attached hydrogens (primary N) is 1. The van der Waals surface area contributed by atoms with E-state index in [1.165, 1.54) is 11.0 Å². The molecule has 2 aromatic rings. The van der Waals surface area contributed by atoms with Crippen molar-refractivity contribution in [3.8, 4) is 5.75 Å². The van der Waals surface area contributed by atoms with Crippen LogP contribution in [0, 0.1) is 0 Å². The average Bonchev–Trinajstić information content (AvgIpc) is 3.51. The van der Waals surface area contributed by atoms with Crippen molar-refractivity contribution in [2.75, 3.05) is 19.7 Å². The highest BCUT2D eigenvalue weighted by Crippen LogP contribution is 2.28. The molecule has 1 aromatic carbocycles. The van der Waals surface area contributed by atoms with Gasteiger partial charge in [-0.2, -0.15) is 4.31 Å². The summed E-state index contributed by atoms with van der Waals surface area (Å²) in [6.45, 7) is -0.238. The van der Waals surface area contributed by atoms with E-state index in [4.69, 9.17) is 22.1 Å². The molecule has 1 atom stereocenters. The van der Waals surface area contributed by atoms with Crippen LogP contribution >= 0.6 is 22.9 Å².